The standard InChI is InChI=1S/C7H7N3O2/c8-6(11)4-1-5(7(9)12)3-10-2-4/h1-3H,(H2,8,11)(H2,9,12). The molecular weight excluding hydrogens is 158 g/mol. The first-order chi connectivity index (χ1) is 5.61. The number of aromatic nitrogens is 1. The van der Waals surface area contributed by atoms with Crippen molar-refractivity contribution in [3.63, 3.8) is 0 Å². The van der Waals surface area contributed by atoms with Gasteiger partial charge in [-0.1, -0.05) is 0 Å². The quantitative estimate of drug-likeness (QED) is 0.604. The molecule has 0 spiro atoms. The molecule has 0 unspecified atom stereocenters. The predicted molar refractivity (Wildman–Crippen MR) is 41.3 cm³/mol. The van der Waals surface area contributed by atoms with Crippen molar-refractivity contribution in [1.29, 1.82) is 0 Å². The molecule has 1 heterocycles. The monoisotopic (exact) mass is 165 g/mol. The van der Waals surface area contributed by atoms with Crippen LogP contribution in [0.5, 0.6) is 0 Å². The van der Waals surface area contributed by atoms with Crippen molar-refractivity contribution in [3.05, 3.63) is 29.6 Å². The van der Waals surface area contributed by atoms with Crippen molar-refractivity contribution in [2.75, 3.05) is 0 Å². The second-order valence-electron chi connectivity index (χ2n) is 2.19. The summed E-state index contributed by atoms with van der Waals surface area (Å²) >= 11 is 0. The molecule has 0 saturated carbocycles. The fourth-order valence-corrected chi connectivity index (χ4v) is 0.709. The van der Waals surface area contributed by atoms with Gasteiger partial charge in [0.15, 0.2) is 0 Å². The number of hydrogen-bond donors (Lipinski definition) is 2. The zero-order valence-corrected chi connectivity index (χ0v) is 6.15. The molecule has 1 aromatic heterocycles. The van der Waals surface area contributed by atoms with Crippen LogP contribution < -0.4 is 11.5 Å². The van der Waals surface area contributed by atoms with Crippen LogP contribution in [0.2, 0.25) is 0 Å². The molecule has 0 bridgehead atoms. The number of pyridine rings is 1. The molecule has 4 N–H and O–H groups in total. The molecular formula is C7H7N3O2. The van der Waals surface area contributed by atoms with Gasteiger partial charge in [0, 0.05) is 12.4 Å². The second kappa shape index (κ2) is 3.00. The Bertz CT molecular complexity index is 306. The fourth-order valence-electron chi connectivity index (χ4n) is 0.709. The van der Waals surface area contributed by atoms with Gasteiger partial charge in [-0.2, -0.15) is 0 Å². The molecule has 0 aromatic carbocycles. The Morgan fingerprint density at radius 2 is 1.50 bits per heavy atom. The largest absolute Gasteiger partial charge is 0.366 e. The minimum atomic E-state index is -0.634. The van der Waals surface area contributed by atoms with E-state index >= 15 is 0 Å². The van der Waals surface area contributed by atoms with Crippen molar-refractivity contribution in [2.24, 2.45) is 11.5 Å². The van der Waals surface area contributed by atoms with Crippen LogP contribution in [-0.2, 0) is 0 Å². The van der Waals surface area contributed by atoms with Crippen molar-refractivity contribution in [3.8, 4) is 0 Å². The highest BCUT2D eigenvalue weighted by Crippen LogP contribution is 2.00. The third-order valence-corrected chi connectivity index (χ3v) is 1.31. The van der Waals surface area contributed by atoms with E-state index in [2.05, 4.69) is 4.98 Å². The molecule has 0 aliphatic carbocycles. The van der Waals surface area contributed by atoms with Crippen LogP contribution in [0, 0.1) is 0 Å². The van der Waals surface area contributed by atoms with Gasteiger partial charge in [0.05, 0.1) is 11.1 Å². The molecule has 0 aliphatic rings. The van der Waals surface area contributed by atoms with E-state index in [0.29, 0.717) is 0 Å². The molecule has 0 saturated heterocycles. The molecule has 0 fully saturated rings. The Morgan fingerprint density at radius 1 is 1.08 bits per heavy atom. The Kier molecular flexibility index (Phi) is 2.05. The summed E-state index contributed by atoms with van der Waals surface area (Å²) in [6.07, 6.45) is 2.55. The van der Waals surface area contributed by atoms with Crippen LogP contribution in [0.3, 0.4) is 0 Å². The molecule has 5 heteroatoms. The van der Waals surface area contributed by atoms with E-state index in [4.69, 9.17) is 11.5 Å². The van der Waals surface area contributed by atoms with Crippen LogP contribution >= 0.6 is 0 Å². The zero-order valence-electron chi connectivity index (χ0n) is 6.15. The number of amides is 2. The Hall–Kier alpha value is -1.91. The first-order valence-corrected chi connectivity index (χ1v) is 3.16. The average Bonchev–Trinajstić information content (AvgIpc) is 2.04. The number of rotatable bonds is 2. The summed E-state index contributed by atoms with van der Waals surface area (Å²) < 4.78 is 0. The van der Waals surface area contributed by atoms with E-state index < -0.39 is 11.8 Å². The third-order valence-electron chi connectivity index (χ3n) is 1.31. The fraction of sp³-hybridized carbons (Fsp3) is 0. The third kappa shape index (κ3) is 1.57. The molecule has 0 atom stereocenters. The first kappa shape index (κ1) is 8.19. The molecule has 1 rings (SSSR count). The number of carbonyl (C=O) groups excluding carboxylic acids is 2. The van der Waals surface area contributed by atoms with Gasteiger partial charge in [0.1, 0.15) is 0 Å². The van der Waals surface area contributed by atoms with E-state index in [0.717, 1.165) is 0 Å². The average molecular weight is 165 g/mol. The summed E-state index contributed by atoms with van der Waals surface area (Å²) in [5, 5.41) is 0. The Morgan fingerprint density at radius 3 is 1.83 bits per heavy atom. The van der Waals surface area contributed by atoms with Gasteiger partial charge < -0.3 is 11.5 Å². The van der Waals surface area contributed by atoms with Crippen LogP contribution in [0.1, 0.15) is 20.7 Å². The molecule has 1 aromatic rings. The first-order valence-electron chi connectivity index (χ1n) is 3.16. The maximum atomic E-state index is 10.6. The van der Waals surface area contributed by atoms with Gasteiger partial charge in [-0.25, -0.2) is 0 Å². The molecule has 2 amide bonds. The van der Waals surface area contributed by atoms with Crippen molar-refractivity contribution in [2.45, 2.75) is 0 Å². The number of hydrogen-bond acceptors (Lipinski definition) is 3. The topological polar surface area (TPSA) is 99.1 Å². The lowest BCUT2D eigenvalue weighted by molar-refractivity contribution is 0.0999. The van der Waals surface area contributed by atoms with E-state index in [1.165, 1.54) is 18.5 Å². The van der Waals surface area contributed by atoms with E-state index in [-0.39, 0.29) is 11.1 Å². The summed E-state index contributed by atoms with van der Waals surface area (Å²) in [7, 11) is 0. The molecule has 62 valence electrons. The van der Waals surface area contributed by atoms with Gasteiger partial charge in [0.25, 0.3) is 0 Å². The van der Waals surface area contributed by atoms with E-state index in [9.17, 15) is 9.59 Å². The molecule has 0 radical (unpaired) electrons. The summed E-state index contributed by atoms with van der Waals surface area (Å²) in [6.45, 7) is 0. The SMILES string of the molecule is NC(=O)c1cncc(C(N)=O)c1. The van der Waals surface area contributed by atoms with Crippen LogP contribution in [0.25, 0.3) is 0 Å². The number of nitrogens with two attached hydrogens (primary N) is 2. The highest BCUT2D eigenvalue weighted by atomic mass is 16.1. The van der Waals surface area contributed by atoms with Gasteiger partial charge in [-0.15, -0.1) is 0 Å². The van der Waals surface area contributed by atoms with Crippen molar-refractivity contribution >= 4 is 11.8 Å². The lowest BCUT2D eigenvalue weighted by atomic mass is 10.2. The normalized spacial score (nSPS) is 9.33. The van der Waals surface area contributed by atoms with Gasteiger partial charge in [-0.05, 0) is 6.07 Å². The second-order valence-corrected chi connectivity index (χ2v) is 2.19. The summed E-state index contributed by atoms with van der Waals surface area (Å²) in [4.78, 5) is 24.8. The highest BCUT2D eigenvalue weighted by Gasteiger charge is 2.04. The maximum absolute atomic E-state index is 10.6. The predicted octanol–water partition coefficient (Wildman–Crippen LogP) is -0.721. The lowest BCUT2D eigenvalue weighted by Gasteiger charge is -1.96. The van der Waals surface area contributed by atoms with Crippen LogP contribution in [0.15, 0.2) is 18.5 Å². The van der Waals surface area contributed by atoms with Gasteiger partial charge in [0.2, 0.25) is 11.8 Å². The molecule has 5 nitrogen and oxygen atoms in total. The van der Waals surface area contributed by atoms with Crippen LogP contribution in [-0.4, -0.2) is 16.8 Å². The Balaban J connectivity index is 3.12. The zero-order chi connectivity index (χ0) is 9.14. The van der Waals surface area contributed by atoms with Crippen molar-refractivity contribution in [1.82, 2.24) is 4.98 Å². The molecule has 12 heavy (non-hydrogen) atoms. The van der Waals surface area contributed by atoms with E-state index in [1.807, 2.05) is 0 Å². The number of carbonyl (C=O) groups is 2. The summed E-state index contributed by atoms with van der Waals surface area (Å²) in [5.74, 6) is -1.27. The number of nitrogens with zero attached hydrogens (tertiary/aromatic N) is 1. The maximum Gasteiger partial charge on any atom is 0.250 e. The summed E-state index contributed by atoms with van der Waals surface area (Å²) in [5.41, 5.74) is 10.2. The summed E-state index contributed by atoms with van der Waals surface area (Å²) in [6, 6.07) is 1.30. The minimum absolute atomic E-state index is 0.173. The van der Waals surface area contributed by atoms with E-state index in [1.54, 1.807) is 0 Å². The highest BCUT2D eigenvalue weighted by molar-refractivity contribution is 5.97. The lowest BCUT2D eigenvalue weighted by Crippen LogP contribution is -2.15. The molecule has 0 aliphatic heterocycles. The number of primary amides is 2. The van der Waals surface area contributed by atoms with Gasteiger partial charge >= 0.3 is 0 Å². The smallest absolute Gasteiger partial charge is 0.250 e. The van der Waals surface area contributed by atoms with Crippen molar-refractivity contribution < 1.29 is 9.59 Å². The van der Waals surface area contributed by atoms with Crippen LogP contribution in [0.4, 0.5) is 0 Å². The minimum Gasteiger partial charge on any atom is -0.366 e. The Labute approximate surface area is 68.4 Å². The van der Waals surface area contributed by atoms with Gasteiger partial charge in [-0.3, -0.25) is 14.6 Å².